The fraction of sp³-hybridized carbons (Fsp3) is 0.0833. The standard InChI is InChI=1S/C12H11ClN2O2/c1-16-12-3-2-8(6-10(12)14)17-11-4-5-15-7-9(11)13/h2-7H,14H2,1H3. The van der Waals surface area contributed by atoms with Crippen molar-refractivity contribution in [2.24, 2.45) is 0 Å². The Morgan fingerprint density at radius 3 is 2.71 bits per heavy atom. The lowest BCUT2D eigenvalue weighted by Crippen LogP contribution is -1.93. The summed E-state index contributed by atoms with van der Waals surface area (Å²) in [7, 11) is 1.56. The second-order valence-corrected chi connectivity index (χ2v) is 3.72. The van der Waals surface area contributed by atoms with Crippen LogP contribution in [0.2, 0.25) is 5.02 Å². The van der Waals surface area contributed by atoms with Gasteiger partial charge in [0, 0.05) is 24.5 Å². The summed E-state index contributed by atoms with van der Waals surface area (Å²) in [6.45, 7) is 0. The number of nitrogen functional groups attached to an aromatic ring is 1. The molecule has 0 radical (unpaired) electrons. The molecule has 0 aliphatic rings. The van der Waals surface area contributed by atoms with Gasteiger partial charge in [0.05, 0.1) is 12.8 Å². The second-order valence-electron chi connectivity index (χ2n) is 3.31. The molecular weight excluding hydrogens is 240 g/mol. The molecule has 0 spiro atoms. The molecule has 2 rings (SSSR count). The Morgan fingerprint density at radius 1 is 1.24 bits per heavy atom. The number of nitrogens with two attached hydrogens (primary N) is 1. The zero-order valence-electron chi connectivity index (χ0n) is 9.18. The van der Waals surface area contributed by atoms with E-state index in [4.69, 9.17) is 26.8 Å². The summed E-state index contributed by atoms with van der Waals surface area (Å²) in [5, 5.41) is 0.446. The molecule has 1 aromatic heterocycles. The lowest BCUT2D eigenvalue weighted by atomic mass is 10.3. The summed E-state index contributed by atoms with van der Waals surface area (Å²) in [4.78, 5) is 3.87. The summed E-state index contributed by atoms with van der Waals surface area (Å²) in [5.74, 6) is 1.74. The molecule has 0 unspecified atom stereocenters. The van der Waals surface area contributed by atoms with E-state index in [9.17, 15) is 0 Å². The molecule has 0 fully saturated rings. The Hall–Kier alpha value is -1.94. The SMILES string of the molecule is COc1ccc(Oc2ccncc2Cl)cc1N. The molecule has 17 heavy (non-hydrogen) atoms. The van der Waals surface area contributed by atoms with E-state index in [2.05, 4.69) is 4.98 Å². The Labute approximate surface area is 104 Å². The molecule has 2 N–H and O–H groups in total. The van der Waals surface area contributed by atoms with Crippen LogP contribution in [0.15, 0.2) is 36.7 Å². The third-order valence-electron chi connectivity index (χ3n) is 2.16. The number of hydrogen-bond acceptors (Lipinski definition) is 4. The molecular formula is C12H11ClN2O2. The highest BCUT2D eigenvalue weighted by molar-refractivity contribution is 6.31. The number of rotatable bonds is 3. The lowest BCUT2D eigenvalue weighted by molar-refractivity contribution is 0.415. The first-order valence-corrected chi connectivity index (χ1v) is 5.29. The summed E-state index contributed by atoms with van der Waals surface area (Å²) in [6, 6.07) is 6.85. The van der Waals surface area contributed by atoms with Crippen LogP contribution in [-0.2, 0) is 0 Å². The molecule has 0 aliphatic heterocycles. The van der Waals surface area contributed by atoms with Crippen LogP contribution in [0, 0.1) is 0 Å². The van der Waals surface area contributed by atoms with Crippen LogP contribution in [-0.4, -0.2) is 12.1 Å². The Balaban J connectivity index is 2.25. The third kappa shape index (κ3) is 2.60. The molecule has 4 nitrogen and oxygen atoms in total. The predicted octanol–water partition coefficient (Wildman–Crippen LogP) is 3.12. The van der Waals surface area contributed by atoms with E-state index in [1.54, 1.807) is 37.6 Å². The quantitative estimate of drug-likeness (QED) is 0.851. The average Bonchev–Trinajstić information content (AvgIpc) is 2.32. The van der Waals surface area contributed by atoms with Crippen molar-refractivity contribution in [3.8, 4) is 17.2 Å². The number of benzene rings is 1. The van der Waals surface area contributed by atoms with Crippen molar-refractivity contribution in [3.63, 3.8) is 0 Å². The van der Waals surface area contributed by atoms with Crippen molar-refractivity contribution in [2.45, 2.75) is 0 Å². The Bertz CT molecular complexity index is 532. The van der Waals surface area contributed by atoms with Gasteiger partial charge in [-0.3, -0.25) is 4.98 Å². The van der Waals surface area contributed by atoms with Crippen LogP contribution in [0.25, 0.3) is 0 Å². The van der Waals surface area contributed by atoms with Crippen molar-refractivity contribution in [1.82, 2.24) is 4.98 Å². The molecule has 1 heterocycles. The van der Waals surface area contributed by atoms with E-state index in [0.717, 1.165) is 0 Å². The second kappa shape index (κ2) is 4.93. The molecule has 0 atom stereocenters. The minimum Gasteiger partial charge on any atom is -0.495 e. The summed E-state index contributed by atoms with van der Waals surface area (Å²) in [5.41, 5.74) is 6.28. The van der Waals surface area contributed by atoms with Gasteiger partial charge in [-0.2, -0.15) is 0 Å². The molecule has 0 saturated carbocycles. The van der Waals surface area contributed by atoms with Crippen molar-refractivity contribution in [3.05, 3.63) is 41.7 Å². The molecule has 88 valence electrons. The van der Waals surface area contributed by atoms with Gasteiger partial charge < -0.3 is 15.2 Å². The molecule has 0 amide bonds. The summed E-state index contributed by atoms with van der Waals surface area (Å²) >= 11 is 5.93. The number of aromatic nitrogens is 1. The van der Waals surface area contributed by atoms with Crippen LogP contribution in [0.1, 0.15) is 0 Å². The number of hydrogen-bond donors (Lipinski definition) is 1. The van der Waals surface area contributed by atoms with Gasteiger partial charge in [0.2, 0.25) is 0 Å². The maximum atomic E-state index is 5.93. The van der Waals surface area contributed by atoms with Crippen molar-refractivity contribution in [2.75, 3.05) is 12.8 Å². The van der Waals surface area contributed by atoms with Gasteiger partial charge >= 0.3 is 0 Å². The Kier molecular flexibility index (Phi) is 3.35. The fourth-order valence-corrected chi connectivity index (χ4v) is 1.51. The highest BCUT2D eigenvalue weighted by atomic mass is 35.5. The van der Waals surface area contributed by atoms with E-state index in [0.29, 0.717) is 28.0 Å². The zero-order chi connectivity index (χ0) is 12.3. The highest BCUT2D eigenvalue weighted by Gasteiger charge is 2.05. The van der Waals surface area contributed by atoms with E-state index in [1.807, 2.05) is 0 Å². The summed E-state index contributed by atoms with van der Waals surface area (Å²) < 4.78 is 10.6. The minimum absolute atomic E-state index is 0.446. The fourth-order valence-electron chi connectivity index (χ4n) is 1.35. The largest absolute Gasteiger partial charge is 0.495 e. The number of anilines is 1. The number of halogens is 1. The van der Waals surface area contributed by atoms with Gasteiger partial charge in [0.25, 0.3) is 0 Å². The first-order chi connectivity index (χ1) is 8.20. The van der Waals surface area contributed by atoms with Crippen molar-refractivity contribution >= 4 is 17.3 Å². The van der Waals surface area contributed by atoms with Gasteiger partial charge in [0.15, 0.2) is 0 Å². The first-order valence-electron chi connectivity index (χ1n) is 4.91. The van der Waals surface area contributed by atoms with Gasteiger partial charge in [-0.25, -0.2) is 0 Å². The lowest BCUT2D eigenvalue weighted by Gasteiger charge is -2.09. The molecule has 5 heteroatoms. The number of methoxy groups -OCH3 is 1. The zero-order valence-corrected chi connectivity index (χ0v) is 9.94. The molecule has 2 aromatic rings. The average molecular weight is 251 g/mol. The third-order valence-corrected chi connectivity index (χ3v) is 2.45. The van der Waals surface area contributed by atoms with E-state index < -0.39 is 0 Å². The topological polar surface area (TPSA) is 57.4 Å². The van der Waals surface area contributed by atoms with Gasteiger partial charge in [-0.15, -0.1) is 0 Å². The van der Waals surface area contributed by atoms with Crippen LogP contribution in [0.3, 0.4) is 0 Å². The molecule has 1 aromatic carbocycles. The van der Waals surface area contributed by atoms with Gasteiger partial charge in [-0.1, -0.05) is 11.6 Å². The van der Waals surface area contributed by atoms with Gasteiger partial charge in [-0.05, 0) is 12.1 Å². The predicted molar refractivity (Wildman–Crippen MR) is 66.7 cm³/mol. The minimum atomic E-state index is 0.446. The normalized spacial score (nSPS) is 10.0. The van der Waals surface area contributed by atoms with Crippen LogP contribution >= 0.6 is 11.6 Å². The van der Waals surface area contributed by atoms with Crippen molar-refractivity contribution in [1.29, 1.82) is 0 Å². The van der Waals surface area contributed by atoms with E-state index in [1.165, 1.54) is 6.20 Å². The van der Waals surface area contributed by atoms with E-state index >= 15 is 0 Å². The Morgan fingerprint density at radius 2 is 2.06 bits per heavy atom. The monoisotopic (exact) mass is 250 g/mol. The van der Waals surface area contributed by atoms with Crippen LogP contribution in [0.4, 0.5) is 5.69 Å². The van der Waals surface area contributed by atoms with E-state index in [-0.39, 0.29) is 0 Å². The number of pyridine rings is 1. The van der Waals surface area contributed by atoms with Crippen LogP contribution < -0.4 is 15.2 Å². The number of nitrogens with zero attached hydrogens (tertiary/aromatic N) is 1. The van der Waals surface area contributed by atoms with Gasteiger partial charge in [0.1, 0.15) is 22.3 Å². The maximum absolute atomic E-state index is 5.93. The van der Waals surface area contributed by atoms with Crippen molar-refractivity contribution < 1.29 is 9.47 Å². The highest BCUT2D eigenvalue weighted by Crippen LogP contribution is 2.32. The molecule has 0 saturated heterocycles. The number of ether oxygens (including phenoxy) is 2. The molecule has 0 aliphatic carbocycles. The van der Waals surface area contributed by atoms with Crippen LogP contribution in [0.5, 0.6) is 17.2 Å². The maximum Gasteiger partial charge on any atom is 0.149 e. The summed E-state index contributed by atoms with van der Waals surface area (Å²) in [6.07, 6.45) is 3.12. The first kappa shape index (κ1) is 11.5. The smallest absolute Gasteiger partial charge is 0.149 e. The molecule has 0 bridgehead atoms.